The number of hydrogen-bond donors (Lipinski definition) is 1. The van der Waals surface area contributed by atoms with E-state index in [1.165, 1.54) is 0 Å². The van der Waals surface area contributed by atoms with Crippen LogP contribution in [-0.4, -0.2) is 33.1 Å². The van der Waals surface area contributed by atoms with Crippen molar-refractivity contribution in [2.75, 3.05) is 21.3 Å². The molecule has 1 amide bonds. The molecule has 0 spiro atoms. The van der Waals surface area contributed by atoms with Gasteiger partial charge in [0.1, 0.15) is 28.8 Å². The van der Waals surface area contributed by atoms with Gasteiger partial charge in [-0.2, -0.15) is 0 Å². The molecule has 2 aromatic carbocycles. The molecule has 1 aliphatic heterocycles. The largest absolute Gasteiger partial charge is 0.497 e. The highest BCUT2D eigenvalue weighted by molar-refractivity contribution is 6.19. The zero-order valence-corrected chi connectivity index (χ0v) is 14.2. The maximum absolute atomic E-state index is 12.2. The summed E-state index contributed by atoms with van der Waals surface area (Å²) >= 11 is 0. The van der Waals surface area contributed by atoms with Crippen LogP contribution in [0.25, 0.3) is 6.08 Å². The second-order valence-electron chi connectivity index (χ2n) is 5.28. The fourth-order valence-corrected chi connectivity index (χ4v) is 2.46. The van der Waals surface area contributed by atoms with Crippen LogP contribution in [-0.2, 0) is 4.79 Å². The van der Waals surface area contributed by atoms with Crippen LogP contribution in [0, 0.1) is 0 Å². The Labute approximate surface area is 145 Å². The minimum atomic E-state index is -0.268. The highest BCUT2D eigenvalue weighted by Gasteiger charge is 2.22. The van der Waals surface area contributed by atoms with Gasteiger partial charge < -0.3 is 19.5 Å². The molecule has 1 aliphatic rings. The molecule has 0 bridgehead atoms. The third-order valence-corrected chi connectivity index (χ3v) is 3.77. The van der Waals surface area contributed by atoms with Crippen LogP contribution in [0.2, 0.25) is 0 Å². The predicted octanol–water partition coefficient (Wildman–Crippen LogP) is 2.63. The smallest absolute Gasteiger partial charge is 0.275 e. The number of aliphatic imine (C=N–C) groups is 1. The molecule has 6 heteroatoms. The molecule has 0 radical (unpaired) electrons. The van der Waals surface area contributed by atoms with Crippen molar-refractivity contribution in [3.05, 3.63) is 59.3 Å². The van der Waals surface area contributed by atoms with Crippen molar-refractivity contribution >= 4 is 17.8 Å². The third-order valence-electron chi connectivity index (χ3n) is 3.77. The van der Waals surface area contributed by atoms with Crippen molar-refractivity contribution in [3.8, 4) is 17.2 Å². The number of benzene rings is 2. The molecule has 0 atom stereocenters. The van der Waals surface area contributed by atoms with Gasteiger partial charge in [0, 0.05) is 17.2 Å². The molecule has 1 N–H and O–H groups in total. The number of rotatable bonds is 5. The Kier molecular flexibility index (Phi) is 4.70. The molecule has 0 saturated carbocycles. The first kappa shape index (κ1) is 16.6. The number of amides is 1. The van der Waals surface area contributed by atoms with E-state index >= 15 is 0 Å². The van der Waals surface area contributed by atoms with Gasteiger partial charge in [-0.3, -0.25) is 4.79 Å². The van der Waals surface area contributed by atoms with Gasteiger partial charge in [0.25, 0.3) is 5.91 Å². The second kappa shape index (κ2) is 7.09. The molecule has 0 fully saturated rings. The lowest BCUT2D eigenvalue weighted by Gasteiger charge is -2.07. The van der Waals surface area contributed by atoms with Crippen LogP contribution < -0.4 is 19.5 Å². The summed E-state index contributed by atoms with van der Waals surface area (Å²) in [5.41, 5.74) is 1.82. The van der Waals surface area contributed by atoms with E-state index in [-0.39, 0.29) is 5.91 Å². The first-order valence-electron chi connectivity index (χ1n) is 7.63. The molecule has 3 rings (SSSR count). The van der Waals surface area contributed by atoms with E-state index in [9.17, 15) is 4.79 Å². The normalized spacial score (nSPS) is 14.9. The van der Waals surface area contributed by atoms with Gasteiger partial charge in [0.05, 0.1) is 21.3 Å². The maximum atomic E-state index is 12.2. The number of carbonyl (C=O) groups excluding carboxylic acids is 1. The van der Waals surface area contributed by atoms with E-state index in [0.717, 1.165) is 11.1 Å². The summed E-state index contributed by atoms with van der Waals surface area (Å²) in [6, 6.07) is 12.7. The highest BCUT2D eigenvalue weighted by Crippen LogP contribution is 2.27. The topological polar surface area (TPSA) is 69.1 Å². The Morgan fingerprint density at radius 2 is 1.72 bits per heavy atom. The van der Waals surface area contributed by atoms with Gasteiger partial charge >= 0.3 is 0 Å². The van der Waals surface area contributed by atoms with Crippen molar-refractivity contribution in [1.29, 1.82) is 0 Å². The lowest BCUT2D eigenvalue weighted by molar-refractivity contribution is -0.115. The van der Waals surface area contributed by atoms with Gasteiger partial charge in [-0.15, -0.1) is 0 Å². The minimum absolute atomic E-state index is 0.268. The van der Waals surface area contributed by atoms with Gasteiger partial charge in [0.15, 0.2) is 0 Å². The lowest BCUT2D eigenvalue weighted by atomic mass is 10.1. The Bertz CT molecular complexity index is 871. The van der Waals surface area contributed by atoms with E-state index in [1.807, 2.05) is 30.3 Å². The maximum Gasteiger partial charge on any atom is 0.275 e. The van der Waals surface area contributed by atoms with Crippen LogP contribution >= 0.6 is 0 Å². The van der Waals surface area contributed by atoms with E-state index < -0.39 is 0 Å². The van der Waals surface area contributed by atoms with Crippen LogP contribution in [0.3, 0.4) is 0 Å². The Morgan fingerprint density at radius 1 is 0.960 bits per heavy atom. The number of amidine groups is 1. The third kappa shape index (κ3) is 3.47. The van der Waals surface area contributed by atoms with E-state index in [1.54, 1.807) is 39.5 Å². The zero-order valence-electron chi connectivity index (χ0n) is 14.2. The Balaban J connectivity index is 1.96. The van der Waals surface area contributed by atoms with E-state index in [0.29, 0.717) is 28.8 Å². The number of methoxy groups -OCH3 is 3. The van der Waals surface area contributed by atoms with Crippen molar-refractivity contribution < 1.29 is 19.0 Å². The zero-order chi connectivity index (χ0) is 17.8. The summed E-state index contributed by atoms with van der Waals surface area (Å²) < 4.78 is 15.7. The van der Waals surface area contributed by atoms with Gasteiger partial charge in [-0.05, 0) is 30.3 Å². The fourth-order valence-electron chi connectivity index (χ4n) is 2.46. The predicted molar refractivity (Wildman–Crippen MR) is 95.2 cm³/mol. The molecule has 0 unspecified atom stereocenters. The summed E-state index contributed by atoms with van der Waals surface area (Å²) in [6.45, 7) is 0. The Hall–Kier alpha value is -3.28. The average molecular weight is 338 g/mol. The van der Waals surface area contributed by atoms with E-state index in [2.05, 4.69) is 10.3 Å². The minimum Gasteiger partial charge on any atom is -0.497 e. The molecule has 128 valence electrons. The molecule has 1 heterocycles. The van der Waals surface area contributed by atoms with Crippen molar-refractivity contribution in [1.82, 2.24) is 5.32 Å². The van der Waals surface area contributed by atoms with Crippen LogP contribution in [0.4, 0.5) is 0 Å². The molecular formula is C19H18N2O4. The molecule has 25 heavy (non-hydrogen) atoms. The first-order chi connectivity index (χ1) is 12.1. The summed E-state index contributed by atoms with van der Waals surface area (Å²) in [5.74, 6) is 2.20. The lowest BCUT2D eigenvalue weighted by Crippen LogP contribution is -2.24. The number of nitrogens with one attached hydrogen (secondary N) is 1. The summed E-state index contributed by atoms with van der Waals surface area (Å²) in [6.07, 6.45) is 1.68. The van der Waals surface area contributed by atoms with Gasteiger partial charge in [0.2, 0.25) is 0 Å². The number of ether oxygens (including phenoxy) is 3. The number of nitrogens with zero attached hydrogens (tertiary/aromatic N) is 1. The second-order valence-corrected chi connectivity index (χ2v) is 5.28. The fraction of sp³-hybridized carbons (Fsp3) is 0.158. The summed E-state index contributed by atoms with van der Waals surface area (Å²) in [5, 5.41) is 2.77. The number of hydrogen-bond acceptors (Lipinski definition) is 5. The quantitative estimate of drug-likeness (QED) is 0.851. The molecular weight excluding hydrogens is 320 g/mol. The van der Waals surface area contributed by atoms with Crippen molar-refractivity contribution in [2.45, 2.75) is 0 Å². The number of carbonyl (C=O) groups is 1. The van der Waals surface area contributed by atoms with Gasteiger partial charge in [-0.25, -0.2) is 4.99 Å². The van der Waals surface area contributed by atoms with E-state index in [4.69, 9.17) is 14.2 Å². The summed E-state index contributed by atoms with van der Waals surface area (Å²) in [4.78, 5) is 16.7. The van der Waals surface area contributed by atoms with Crippen molar-refractivity contribution in [2.24, 2.45) is 4.99 Å². The molecule has 2 aromatic rings. The Morgan fingerprint density at radius 3 is 2.44 bits per heavy atom. The first-order valence-corrected chi connectivity index (χ1v) is 7.63. The van der Waals surface area contributed by atoms with Crippen LogP contribution in [0.15, 0.2) is 53.2 Å². The molecule has 0 aliphatic carbocycles. The average Bonchev–Trinajstić information content (AvgIpc) is 3.02. The van der Waals surface area contributed by atoms with Crippen molar-refractivity contribution in [3.63, 3.8) is 0 Å². The molecule has 0 aromatic heterocycles. The standard InChI is InChI=1S/C19H18N2O4/c1-23-14-6-4-5-13(9-14)18-20-16(19(22)21-18)10-12-7-8-15(24-2)11-17(12)25-3/h4-11H,1-3H3,(H,20,21,22)/b16-10+. The van der Waals surface area contributed by atoms with Crippen LogP contribution in [0.5, 0.6) is 17.2 Å². The highest BCUT2D eigenvalue weighted by atomic mass is 16.5. The van der Waals surface area contributed by atoms with Gasteiger partial charge in [-0.1, -0.05) is 12.1 Å². The van der Waals surface area contributed by atoms with Crippen LogP contribution in [0.1, 0.15) is 11.1 Å². The molecule has 6 nitrogen and oxygen atoms in total. The summed E-state index contributed by atoms with van der Waals surface area (Å²) in [7, 11) is 4.74. The monoisotopic (exact) mass is 338 g/mol. The molecule has 0 saturated heterocycles. The SMILES string of the molecule is COc1cccc(C2=N/C(=C/c3ccc(OC)cc3OC)C(=O)N2)c1.